The van der Waals surface area contributed by atoms with Crippen molar-refractivity contribution >= 4 is 17.7 Å². The van der Waals surface area contributed by atoms with Crippen molar-refractivity contribution in [2.45, 2.75) is 43.3 Å². The normalized spacial score (nSPS) is 34.5. The van der Waals surface area contributed by atoms with Crippen molar-refractivity contribution in [3.63, 3.8) is 0 Å². The molecule has 1 atom stereocenters. The summed E-state index contributed by atoms with van der Waals surface area (Å²) in [5.41, 5.74) is 0.409. The van der Waals surface area contributed by atoms with Gasteiger partial charge in [-0.2, -0.15) is 0 Å². The monoisotopic (exact) mass is 282 g/mol. The smallest absolute Gasteiger partial charge is 0.238 e. The van der Waals surface area contributed by atoms with Gasteiger partial charge in [-0.1, -0.05) is 0 Å². The number of hydrogen-bond acceptors (Lipinski definition) is 3. The molecular weight excluding hydrogens is 256 g/mol. The maximum atomic E-state index is 12.8. The second-order valence-electron chi connectivity index (χ2n) is 6.87. The number of piperidine rings is 1. The molecule has 0 radical (unpaired) electrons. The van der Waals surface area contributed by atoms with Gasteiger partial charge < -0.3 is 9.80 Å². The molecule has 1 unspecified atom stereocenters. The van der Waals surface area contributed by atoms with Crippen molar-refractivity contribution in [3.8, 4) is 0 Å². The van der Waals surface area contributed by atoms with Gasteiger partial charge in [0.2, 0.25) is 5.91 Å². The van der Waals surface area contributed by atoms with E-state index in [4.69, 9.17) is 0 Å². The molecule has 2 aliphatic heterocycles. The number of hydrogen-bond donors (Lipinski definition) is 0. The van der Waals surface area contributed by atoms with E-state index in [1.807, 2.05) is 0 Å². The van der Waals surface area contributed by atoms with Crippen molar-refractivity contribution in [3.05, 3.63) is 0 Å². The van der Waals surface area contributed by atoms with Crippen molar-refractivity contribution in [1.82, 2.24) is 9.80 Å². The predicted molar refractivity (Wildman–Crippen MR) is 80.5 cm³/mol. The molecule has 0 bridgehead atoms. The lowest BCUT2D eigenvalue weighted by Gasteiger charge is -2.47. The Morgan fingerprint density at radius 3 is 2.37 bits per heavy atom. The summed E-state index contributed by atoms with van der Waals surface area (Å²) >= 11 is 1.79. The standard InChI is InChI=1S/C15H26N2OS/c1-16-10-8-14(11-16)5-4-9-17(12-14)13(18)15(19-2)6-3-7-15/h3-12H2,1-2H3. The van der Waals surface area contributed by atoms with Crippen molar-refractivity contribution in [2.75, 3.05) is 39.5 Å². The third kappa shape index (κ3) is 2.31. The molecule has 1 amide bonds. The molecule has 0 aromatic rings. The fourth-order valence-corrected chi connectivity index (χ4v) is 5.17. The Morgan fingerprint density at radius 1 is 1.05 bits per heavy atom. The summed E-state index contributed by atoms with van der Waals surface area (Å²) < 4.78 is -0.0525. The molecule has 108 valence electrons. The van der Waals surface area contributed by atoms with Crippen LogP contribution in [0.2, 0.25) is 0 Å². The summed E-state index contributed by atoms with van der Waals surface area (Å²) in [6.07, 6.45) is 9.32. The lowest BCUT2D eigenvalue weighted by atomic mass is 9.77. The highest BCUT2D eigenvalue weighted by molar-refractivity contribution is 8.00. The van der Waals surface area contributed by atoms with Crippen LogP contribution in [0.4, 0.5) is 0 Å². The lowest BCUT2D eigenvalue weighted by Crippen LogP contribution is -2.56. The van der Waals surface area contributed by atoms with E-state index in [0.717, 1.165) is 25.9 Å². The van der Waals surface area contributed by atoms with Crippen LogP contribution in [0, 0.1) is 5.41 Å². The minimum atomic E-state index is -0.0525. The van der Waals surface area contributed by atoms with Crippen LogP contribution in [-0.2, 0) is 4.79 Å². The quantitative estimate of drug-likeness (QED) is 0.776. The topological polar surface area (TPSA) is 23.6 Å². The number of thioether (sulfide) groups is 1. The molecule has 1 aliphatic carbocycles. The Labute approximate surface area is 121 Å². The highest BCUT2D eigenvalue weighted by atomic mass is 32.2. The Hall–Kier alpha value is -0.220. The van der Waals surface area contributed by atoms with Crippen LogP contribution in [0.25, 0.3) is 0 Å². The minimum Gasteiger partial charge on any atom is -0.341 e. The van der Waals surface area contributed by atoms with E-state index >= 15 is 0 Å². The average Bonchev–Trinajstić information content (AvgIpc) is 2.69. The first-order chi connectivity index (χ1) is 9.09. The van der Waals surface area contributed by atoms with E-state index in [2.05, 4.69) is 23.1 Å². The summed E-state index contributed by atoms with van der Waals surface area (Å²) in [4.78, 5) is 17.5. The van der Waals surface area contributed by atoms with Gasteiger partial charge in [0.15, 0.2) is 0 Å². The van der Waals surface area contributed by atoms with Crippen LogP contribution in [0.15, 0.2) is 0 Å². The van der Waals surface area contributed by atoms with Gasteiger partial charge in [0.1, 0.15) is 0 Å². The van der Waals surface area contributed by atoms with E-state index < -0.39 is 0 Å². The van der Waals surface area contributed by atoms with Crippen LogP contribution < -0.4 is 0 Å². The average molecular weight is 282 g/mol. The first-order valence-corrected chi connectivity index (χ1v) is 8.85. The molecule has 0 aromatic carbocycles. The van der Waals surface area contributed by atoms with Gasteiger partial charge >= 0.3 is 0 Å². The molecule has 0 N–H and O–H groups in total. The fraction of sp³-hybridized carbons (Fsp3) is 0.933. The summed E-state index contributed by atoms with van der Waals surface area (Å²) in [5.74, 6) is 0.444. The van der Waals surface area contributed by atoms with Gasteiger partial charge in [-0.25, -0.2) is 0 Å². The largest absolute Gasteiger partial charge is 0.341 e. The first kappa shape index (κ1) is 13.7. The summed E-state index contributed by atoms with van der Waals surface area (Å²) in [7, 11) is 2.21. The Morgan fingerprint density at radius 2 is 1.84 bits per heavy atom. The molecule has 3 rings (SSSR count). The molecule has 19 heavy (non-hydrogen) atoms. The molecule has 2 heterocycles. The number of rotatable bonds is 2. The highest BCUT2D eigenvalue weighted by Gasteiger charge is 2.49. The molecule has 0 aromatic heterocycles. The summed E-state index contributed by atoms with van der Waals surface area (Å²) in [6.45, 7) is 4.39. The van der Waals surface area contributed by atoms with Gasteiger partial charge in [0.05, 0.1) is 4.75 Å². The summed E-state index contributed by atoms with van der Waals surface area (Å²) in [6, 6.07) is 0. The molecular formula is C15H26N2OS. The first-order valence-electron chi connectivity index (χ1n) is 7.62. The summed E-state index contributed by atoms with van der Waals surface area (Å²) in [5, 5.41) is 0. The Kier molecular flexibility index (Phi) is 3.59. The van der Waals surface area contributed by atoms with Gasteiger partial charge in [0.25, 0.3) is 0 Å². The maximum Gasteiger partial charge on any atom is 0.238 e. The second kappa shape index (κ2) is 4.96. The van der Waals surface area contributed by atoms with E-state index in [1.54, 1.807) is 11.8 Å². The molecule has 1 spiro atoms. The third-order valence-electron chi connectivity index (χ3n) is 5.52. The number of nitrogens with zero attached hydrogens (tertiary/aromatic N) is 2. The van der Waals surface area contributed by atoms with E-state index in [1.165, 1.54) is 38.8 Å². The Bertz CT molecular complexity index is 360. The zero-order valence-electron chi connectivity index (χ0n) is 12.3. The van der Waals surface area contributed by atoms with Crippen LogP contribution >= 0.6 is 11.8 Å². The van der Waals surface area contributed by atoms with Crippen molar-refractivity contribution in [2.24, 2.45) is 5.41 Å². The fourth-order valence-electron chi connectivity index (χ4n) is 4.16. The second-order valence-corrected chi connectivity index (χ2v) is 8.06. The number of carbonyl (C=O) groups is 1. The number of likely N-dealkylation sites (tertiary alicyclic amines) is 2. The van der Waals surface area contributed by atoms with Crippen LogP contribution in [0.1, 0.15) is 38.5 Å². The lowest BCUT2D eigenvalue weighted by molar-refractivity contribution is -0.139. The molecule has 3 nitrogen and oxygen atoms in total. The minimum absolute atomic E-state index is 0.0525. The van der Waals surface area contributed by atoms with E-state index in [0.29, 0.717) is 11.3 Å². The molecule has 4 heteroatoms. The SMILES string of the molecule is CSC1(C(=O)N2CCCC3(CCN(C)C3)C2)CCC1. The zero-order chi connectivity index (χ0) is 13.5. The zero-order valence-corrected chi connectivity index (χ0v) is 13.1. The third-order valence-corrected chi connectivity index (χ3v) is 6.88. The van der Waals surface area contributed by atoms with Gasteiger partial charge in [-0.15, -0.1) is 11.8 Å². The number of carbonyl (C=O) groups excluding carboxylic acids is 1. The molecule has 2 saturated heterocycles. The van der Waals surface area contributed by atoms with Crippen LogP contribution in [0.5, 0.6) is 0 Å². The predicted octanol–water partition coefficient (Wildman–Crippen LogP) is 2.22. The van der Waals surface area contributed by atoms with E-state index in [-0.39, 0.29) is 4.75 Å². The number of amides is 1. The van der Waals surface area contributed by atoms with Crippen LogP contribution in [-0.4, -0.2) is 59.9 Å². The van der Waals surface area contributed by atoms with Gasteiger partial charge in [-0.3, -0.25) is 4.79 Å². The van der Waals surface area contributed by atoms with Gasteiger partial charge in [0, 0.05) is 25.0 Å². The highest BCUT2D eigenvalue weighted by Crippen LogP contribution is 2.46. The Balaban J connectivity index is 1.70. The van der Waals surface area contributed by atoms with Gasteiger partial charge in [-0.05, 0) is 58.4 Å². The molecule has 1 saturated carbocycles. The maximum absolute atomic E-state index is 12.8. The van der Waals surface area contributed by atoms with Crippen molar-refractivity contribution in [1.29, 1.82) is 0 Å². The molecule has 3 aliphatic rings. The van der Waals surface area contributed by atoms with Crippen molar-refractivity contribution < 1.29 is 4.79 Å². The van der Waals surface area contributed by atoms with E-state index in [9.17, 15) is 4.79 Å². The van der Waals surface area contributed by atoms with Crippen LogP contribution in [0.3, 0.4) is 0 Å². The molecule has 3 fully saturated rings.